The van der Waals surface area contributed by atoms with Crippen LogP contribution in [-0.2, 0) is 0 Å². The van der Waals surface area contributed by atoms with Gasteiger partial charge in [0.2, 0.25) is 5.76 Å². The van der Waals surface area contributed by atoms with Gasteiger partial charge in [-0.25, -0.2) is 0 Å². The molecule has 3 aromatic rings. The second kappa shape index (κ2) is 8.39. The average molecular weight is 391 g/mol. The van der Waals surface area contributed by atoms with E-state index >= 15 is 0 Å². The smallest absolute Gasteiger partial charge is 0.292 e. The number of para-hydroxylation sites is 2. The zero-order chi connectivity index (χ0) is 20.2. The molecular formula is C23H25N3O3. The number of hydrogen-bond acceptors (Lipinski definition) is 5. The first-order valence-electron chi connectivity index (χ1n) is 9.95. The van der Waals surface area contributed by atoms with E-state index < -0.39 is 0 Å². The number of carbonyl (C=O) groups excluding carboxylic acids is 1. The normalized spacial score (nSPS) is 14.1. The maximum Gasteiger partial charge on any atom is 0.292 e. The fraction of sp³-hybridized carbons (Fsp3) is 0.304. The van der Waals surface area contributed by atoms with Crippen molar-refractivity contribution in [3.05, 3.63) is 65.9 Å². The molecule has 1 aromatic heterocycles. The minimum absolute atomic E-state index is 0.117. The van der Waals surface area contributed by atoms with Crippen molar-refractivity contribution in [2.45, 2.75) is 13.8 Å². The molecule has 2 heterocycles. The summed E-state index contributed by atoms with van der Waals surface area (Å²) in [5.41, 5.74) is 3.87. The summed E-state index contributed by atoms with van der Waals surface area (Å²) in [4.78, 5) is 16.9. The van der Waals surface area contributed by atoms with E-state index in [1.165, 1.54) is 5.56 Å². The summed E-state index contributed by atoms with van der Waals surface area (Å²) in [5, 5.41) is 4.08. The third-order valence-electron chi connectivity index (χ3n) is 5.14. The number of piperazine rings is 1. The van der Waals surface area contributed by atoms with E-state index in [0.717, 1.165) is 30.1 Å². The molecule has 4 rings (SSSR count). The number of aryl methyl sites for hydroxylation is 1. The van der Waals surface area contributed by atoms with E-state index in [1.54, 1.807) is 6.07 Å². The van der Waals surface area contributed by atoms with Gasteiger partial charge >= 0.3 is 0 Å². The average Bonchev–Trinajstić information content (AvgIpc) is 3.25. The summed E-state index contributed by atoms with van der Waals surface area (Å²) >= 11 is 0. The highest BCUT2D eigenvalue weighted by atomic mass is 16.5. The quantitative estimate of drug-likeness (QED) is 0.658. The summed E-state index contributed by atoms with van der Waals surface area (Å²) in [5.74, 6) is 1.05. The Morgan fingerprint density at radius 2 is 1.79 bits per heavy atom. The molecule has 29 heavy (non-hydrogen) atoms. The minimum atomic E-state index is -0.117. The van der Waals surface area contributed by atoms with Crippen LogP contribution in [0.25, 0.3) is 11.3 Å². The van der Waals surface area contributed by atoms with Gasteiger partial charge in [-0.15, -0.1) is 0 Å². The number of ether oxygens (including phenoxy) is 1. The Hall–Kier alpha value is -3.28. The molecule has 1 amide bonds. The van der Waals surface area contributed by atoms with Crippen molar-refractivity contribution in [2.75, 3.05) is 37.7 Å². The second-order valence-electron chi connectivity index (χ2n) is 7.12. The lowest BCUT2D eigenvalue weighted by molar-refractivity contribution is 0.0705. The van der Waals surface area contributed by atoms with Crippen LogP contribution in [0.5, 0.6) is 5.75 Å². The monoisotopic (exact) mass is 391 g/mol. The lowest BCUT2D eigenvalue weighted by Gasteiger charge is -2.36. The first-order chi connectivity index (χ1) is 14.2. The van der Waals surface area contributed by atoms with Crippen molar-refractivity contribution in [3.63, 3.8) is 0 Å². The summed E-state index contributed by atoms with van der Waals surface area (Å²) in [6.07, 6.45) is 0. The molecule has 1 fully saturated rings. The summed E-state index contributed by atoms with van der Waals surface area (Å²) < 4.78 is 11.1. The number of nitrogens with zero attached hydrogens (tertiary/aromatic N) is 3. The van der Waals surface area contributed by atoms with Crippen LogP contribution in [0.2, 0.25) is 0 Å². The molecule has 0 aliphatic carbocycles. The highest BCUT2D eigenvalue weighted by Crippen LogP contribution is 2.29. The lowest BCUT2D eigenvalue weighted by atomic mass is 10.1. The van der Waals surface area contributed by atoms with E-state index in [4.69, 9.17) is 9.26 Å². The van der Waals surface area contributed by atoms with Crippen LogP contribution >= 0.6 is 0 Å². The first kappa shape index (κ1) is 19.1. The van der Waals surface area contributed by atoms with Gasteiger partial charge in [0.05, 0.1) is 12.3 Å². The van der Waals surface area contributed by atoms with Crippen LogP contribution in [0.3, 0.4) is 0 Å². The predicted molar refractivity (Wildman–Crippen MR) is 112 cm³/mol. The van der Waals surface area contributed by atoms with Gasteiger partial charge in [-0.3, -0.25) is 4.79 Å². The maximum atomic E-state index is 12.9. The Bertz CT molecular complexity index is 973. The largest absolute Gasteiger partial charge is 0.492 e. The number of aromatic nitrogens is 1. The number of rotatable bonds is 5. The zero-order valence-corrected chi connectivity index (χ0v) is 16.8. The van der Waals surface area contributed by atoms with Crippen LogP contribution in [0.1, 0.15) is 23.0 Å². The van der Waals surface area contributed by atoms with Crippen molar-refractivity contribution >= 4 is 11.6 Å². The molecule has 0 bridgehead atoms. The van der Waals surface area contributed by atoms with Gasteiger partial charge < -0.3 is 19.1 Å². The van der Waals surface area contributed by atoms with Gasteiger partial charge in [0.15, 0.2) is 0 Å². The highest BCUT2D eigenvalue weighted by molar-refractivity contribution is 5.92. The van der Waals surface area contributed by atoms with E-state index in [9.17, 15) is 4.79 Å². The van der Waals surface area contributed by atoms with Gasteiger partial charge in [-0.1, -0.05) is 47.1 Å². The number of benzene rings is 2. The molecule has 0 atom stereocenters. The van der Waals surface area contributed by atoms with Gasteiger partial charge in [0, 0.05) is 37.8 Å². The summed E-state index contributed by atoms with van der Waals surface area (Å²) in [6.45, 7) is 7.39. The van der Waals surface area contributed by atoms with Crippen molar-refractivity contribution in [2.24, 2.45) is 0 Å². The van der Waals surface area contributed by atoms with Gasteiger partial charge in [0.25, 0.3) is 5.91 Å². The molecule has 0 radical (unpaired) electrons. The fourth-order valence-electron chi connectivity index (χ4n) is 3.54. The van der Waals surface area contributed by atoms with Crippen LogP contribution in [0.15, 0.2) is 59.1 Å². The van der Waals surface area contributed by atoms with E-state index in [1.807, 2.05) is 61.2 Å². The first-order valence-corrected chi connectivity index (χ1v) is 9.95. The third-order valence-corrected chi connectivity index (χ3v) is 5.14. The van der Waals surface area contributed by atoms with Crippen molar-refractivity contribution < 1.29 is 14.1 Å². The van der Waals surface area contributed by atoms with E-state index in [0.29, 0.717) is 25.4 Å². The molecule has 1 aliphatic rings. The fourth-order valence-corrected chi connectivity index (χ4v) is 3.54. The molecule has 150 valence electrons. The maximum absolute atomic E-state index is 12.9. The van der Waals surface area contributed by atoms with Crippen LogP contribution in [0.4, 0.5) is 5.69 Å². The number of amides is 1. The Labute approximate surface area is 170 Å². The predicted octanol–water partition coefficient (Wildman–Crippen LogP) is 4.01. The summed E-state index contributed by atoms with van der Waals surface area (Å²) in [6, 6.07) is 17.8. The number of carbonyl (C=O) groups is 1. The standard InChI is InChI=1S/C23H25N3O3/c1-3-28-21-7-5-4-6-20(21)25-12-14-26(15-13-25)23(27)22-16-19(24-29-22)18-10-8-17(2)9-11-18/h4-11,16H,3,12-15H2,1-2H3. The van der Waals surface area contributed by atoms with E-state index in [-0.39, 0.29) is 11.7 Å². The molecule has 0 unspecified atom stereocenters. The minimum Gasteiger partial charge on any atom is -0.492 e. The second-order valence-corrected chi connectivity index (χ2v) is 7.12. The highest BCUT2D eigenvalue weighted by Gasteiger charge is 2.26. The Morgan fingerprint density at radius 1 is 1.07 bits per heavy atom. The molecule has 2 aromatic carbocycles. The van der Waals surface area contributed by atoms with Gasteiger partial charge in [-0.2, -0.15) is 0 Å². The van der Waals surface area contributed by atoms with Crippen LogP contribution in [-0.4, -0.2) is 48.7 Å². The molecule has 0 N–H and O–H groups in total. The topological polar surface area (TPSA) is 58.8 Å². The van der Waals surface area contributed by atoms with Gasteiger partial charge in [0.1, 0.15) is 11.4 Å². The number of anilines is 1. The van der Waals surface area contributed by atoms with Crippen molar-refractivity contribution in [1.29, 1.82) is 0 Å². The van der Waals surface area contributed by atoms with Gasteiger partial charge in [-0.05, 0) is 26.0 Å². The molecule has 6 heteroatoms. The van der Waals surface area contributed by atoms with Crippen molar-refractivity contribution in [3.8, 4) is 17.0 Å². The Balaban J connectivity index is 1.41. The Morgan fingerprint density at radius 3 is 2.52 bits per heavy atom. The van der Waals surface area contributed by atoms with Crippen molar-refractivity contribution in [1.82, 2.24) is 10.1 Å². The van der Waals surface area contributed by atoms with Crippen LogP contribution < -0.4 is 9.64 Å². The third kappa shape index (κ3) is 4.11. The molecule has 1 saturated heterocycles. The molecule has 0 saturated carbocycles. The molecular weight excluding hydrogens is 366 g/mol. The van der Waals surface area contributed by atoms with E-state index in [2.05, 4.69) is 16.1 Å². The SMILES string of the molecule is CCOc1ccccc1N1CCN(C(=O)c2cc(-c3ccc(C)cc3)no2)CC1. The molecule has 1 aliphatic heterocycles. The molecule has 0 spiro atoms. The Kier molecular flexibility index (Phi) is 5.51. The molecule has 6 nitrogen and oxygen atoms in total. The zero-order valence-electron chi connectivity index (χ0n) is 16.8. The summed E-state index contributed by atoms with van der Waals surface area (Å²) in [7, 11) is 0. The van der Waals surface area contributed by atoms with Crippen LogP contribution in [0, 0.1) is 6.92 Å². The lowest BCUT2D eigenvalue weighted by Crippen LogP contribution is -2.48. The number of hydrogen-bond donors (Lipinski definition) is 0.